The topological polar surface area (TPSA) is 105 Å². The third-order valence-electron chi connectivity index (χ3n) is 6.76. The van der Waals surface area contributed by atoms with Gasteiger partial charge in [-0.25, -0.2) is 14.7 Å². The molecule has 43 heavy (non-hydrogen) atoms. The number of hydrogen-bond donors (Lipinski definition) is 2. The van der Waals surface area contributed by atoms with Gasteiger partial charge < -0.3 is 9.84 Å². The molecule has 3 aromatic carbocycles. The van der Waals surface area contributed by atoms with Crippen LogP contribution in [0.2, 0.25) is 0 Å². The van der Waals surface area contributed by atoms with Gasteiger partial charge in [-0.2, -0.15) is 0 Å². The molecule has 1 atom stereocenters. The molecule has 1 aliphatic heterocycles. The maximum Gasteiger partial charge on any atom is 0.573 e. The lowest BCUT2D eigenvalue weighted by atomic mass is 10.0. The number of anilines is 1. The molecule has 2 heterocycles. The van der Waals surface area contributed by atoms with E-state index in [2.05, 4.69) is 25.1 Å². The number of thioether (sulfide) groups is 1. The number of ether oxygens (including phenoxy) is 1. The highest BCUT2D eigenvalue weighted by Gasteiger charge is 2.32. The van der Waals surface area contributed by atoms with Crippen LogP contribution in [-0.4, -0.2) is 56.0 Å². The zero-order valence-electron chi connectivity index (χ0n) is 23.4. The van der Waals surface area contributed by atoms with Crippen LogP contribution in [-0.2, 0) is 17.6 Å². The summed E-state index contributed by atoms with van der Waals surface area (Å²) in [6.07, 6.45) is -3.05. The number of aliphatic hydroxyl groups excluding tert-OH is 1. The van der Waals surface area contributed by atoms with Gasteiger partial charge in [0.1, 0.15) is 12.1 Å². The first-order valence-corrected chi connectivity index (χ1v) is 14.5. The van der Waals surface area contributed by atoms with Crippen molar-refractivity contribution in [2.45, 2.75) is 39.4 Å². The quantitative estimate of drug-likeness (QED) is 0.237. The van der Waals surface area contributed by atoms with Crippen molar-refractivity contribution >= 4 is 28.5 Å². The van der Waals surface area contributed by atoms with E-state index in [-0.39, 0.29) is 17.4 Å². The lowest BCUT2D eigenvalue weighted by molar-refractivity contribution is -0.274. The number of carbonyl (C=O) groups excluding carboxylic acids is 1. The summed E-state index contributed by atoms with van der Waals surface area (Å²) < 4.78 is 42.6. The Bertz CT molecular complexity index is 1620. The third kappa shape index (κ3) is 7.42. The van der Waals surface area contributed by atoms with Crippen LogP contribution in [0, 0.1) is 6.92 Å². The number of aliphatic imine (C=N–C) groups is 1. The number of aliphatic hydroxyl groups is 1. The van der Waals surface area contributed by atoms with Gasteiger partial charge in [0.25, 0.3) is 0 Å². The summed E-state index contributed by atoms with van der Waals surface area (Å²) in [5.41, 5.74) is 5.20. The number of rotatable bonds is 10. The van der Waals surface area contributed by atoms with Gasteiger partial charge in [0.15, 0.2) is 11.0 Å². The summed E-state index contributed by atoms with van der Waals surface area (Å²) in [5, 5.41) is 18.5. The Balaban J connectivity index is 1.19. The summed E-state index contributed by atoms with van der Waals surface area (Å²) in [6.45, 7) is 4.44. The first-order valence-electron chi connectivity index (χ1n) is 13.5. The van der Waals surface area contributed by atoms with Gasteiger partial charge in [0, 0.05) is 12.1 Å². The SMILES string of the molecule is CCc1ccccc1N1C(=O)CSC1=NC(O)NCCc1ccc(-c2ncn(-c3ccc(OC(F)(F)F)cc3)n2)cc1C. The van der Waals surface area contributed by atoms with Crippen LogP contribution in [0.1, 0.15) is 23.6 Å². The Labute approximate surface area is 250 Å². The van der Waals surface area contributed by atoms with E-state index >= 15 is 0 Å². The van der Waals surface area contributed by atoms with Crippen molar-refractivity contribution in [3.8, 4) is 22.8 Å². The molecular formula is C30H29F3N6O3S. The fourth-order valence-electron chi connectivity index (χ4n) is 4.64. The molecule has 0 saturated carbocycles. The van der Waals surface area contributed by atoms with Crippen LogP contribution < -0.4 is 15.0 Å². The van der Waals surface area contributed by atoms with Crippen molar-refractivity contribution in [1.82, 2.24) is 20.1 Å². The molecule has 13 heteroatoms. The molecule has 2 N–H and O–H groups in total. The summed E-state index contributed by atoms with van der Waals surface area (Å²) >= 11 is 1.30. The van der Waals surface area contributed by atoms with Crippen LogP contribution in [0.4, 0.5) is 18.9 Å². The Morgan fingerprint density at radius 1 is 1.12 bits per heavy atom. The number of aryl methyl sites for hydroxylation is 2. The molecule has 1 aromatic heterocycles. The molecule has 5 rings (SSSR count). The minimum absolute atomic E-state index is 0.0691. The molecule has 1 fully saturated rings. The Morgan fingerprint density at radius 2 is 1.88 bits per heavy atom. The van der Waals surface area contributed by atoms with E-state index < -0.39 is 12.7 Å². The van der Waals surface area contributed by atoms with Gasteiger partial charge in [0.05, 0.1) is 17.1 Å². The summed E-state index contributed by atoms with van der Waals surface area (Å²) in [6, 6.07) is 18.8. The smallest absolute Gasteiger partial charge is 0.406 e. The second-order valence-electron chi connectivity index (χ2n) is 9.69. The number of alkyl halides is 3. The third-order valence-corrected chi connectivity index (χ3v) is 7.70. The summed E-state index contributed by atoms with van der Waals surface area (Å²) in [7, 11) is 0. The average Bonchev–Trinajstić information content (AvgIpc) is 3.60. The van der Waals surface area contributed by atoms with Crippen molar-refractivity contribution in [2.24, 2.45) is 4.99 Å². The molecule has 0 spiro atoms. The number of hydrogen-bond acceptors (Lipinski definition) is 8. The second kappa shape index (κ2) is 13.0. The molecule has 1 aliphatic rings. The Kier molecular flexibility index (Phi) is 9.14. The normalized spacial score (nSPS) is 15.3. The minimum atomic E-state index is -4.75. The zero-order valence-corrected chi connectivity index (χ0v) is 24.2. The maximum absolute atomic E-state index is 12.6. The predicted octanol–water partition coefficient (Wildman–Crippen LogP) is 5.25. The molecule has 1 saturated heterocycles. The average molecular weight is 611 g/mol. The molecular weight excluding hydrogens is 581 g/mol. The monoisotopic (exact) mass is 610 g/mol. The molecule has 0 aliphatic carbocycles. The number of benzene rings is 3. The standard InChI is InChI=1S/C30H29F3N6O3S/c1-3-20-6-4-5-7-25(20)39-26(40)17-43-29(39)36-28(41)34-15-14-21-8-9-22(16-19(21)2)27-35-18-38(37-27)23-10-12-24(13-11-23)42-30(31,32)33/h4-13,16,18,28,34,41H,3,14-15,17H2,1-2H3. The van der Waals surface area contributed by atoms with Crippen molar-refractivity contribution in [1.29, 1.82) is 0 Å². The van der Waals surface area contributed by atoms with E-state index in [0.717, 1.165) is 34.4 Å². The first kappa shape index (κ1) is 30.3. The summed E-state index contributed by atoms with van der Waals surface area (Å²) in [5.74, 6) is 0.350. The van der Waals surface area contributed by atoms with Gasteiger partial charge in [0.2, 0.25) is 12.3 Å². The molecule has 9 nitrogen and oxygen atoms in total. The van der Waals surface area contributed by atoms with Crippen LogP contribution in [0.15, 0.2) is 78.0 Å². The van der Waals surface area contributed by atoms with Gasteiger partial charge in [-0.05, 0) is 72.9 Å². The number of carbonyl (C=O) groups is 1. The van der Waals surface area contributed by atoms with E-state index in [9.17, 15) is 23.1 Å². The number of amides is 1. The zero-order chi connectivity index (χ0) is 30.6. The number of amidine groups is 1. The van der Waals surface area contributed by atoms with Gasteiger partial charge >= 0.3 is 6.36 Å². The number of para-hydroxylation sites is 1. The van der Waals surface area contributed by atoms with E-state index in [1.807, 2.05) is 56.3 Å². The van der Waals surface area contributed by atoms with Crippen molar-refractivity contribution in [2.75, 3.05) is 17.2 Å². The highest BCUT2D eigenvalue weighted by molar-refractivity contribution is 8.15. The van der Waals surface area contributed by atoms with Gasteiger partial charge in [-0.15, -0.1) is 18.3 Å². The van der Waals surface area contributed by atoms with E-state index in [4.69, 9.17) is 0 Å². The number of nitrogens with zero attached hydrogens (tertiary/aromatic N) is 5. The fourth-order valence-corrected chi connectivity index (χ4v) is 5.53. The minimum Gasteiger partial charge on any atom is -0.406 e. The lowest BCUT2D eigenvalue weighted by Gasteiger charge is -2.20. The highest BCUT2D eigenvalue weighted by atomic mass is 32.2. The molecule has 0 bridgehead atoms. The maximum atomic E-state index is 12.6. The number of aromatic nitrogens is 3. The predicted molar refractivity (Wildman–Crippen MR) is 159 cm³/mol. The fraction of sp³-hybridized carbons (Fsp3) is 0.267. The van der Waals surface area contributed by atoms with E-state index in [0.29, 0.717) is 29.6 Å². The lowest BCUT2D eigenvalue weighted by Crippen LogP contribution is -2.34. The van der Waals surface area contributed by atoms with Crippen molar-refractivity contribution in [3.05, 3.63) is 89.7 Å². The van der Waals surface area contributed by atoms with E-state index in [1.54, 1.807) is 4.90 Å². The number of halogens is 3. The molecule has 4 aromatic rings. The van der Waals surface area contributed by atoms with Crippen LogP contribution in [0.3, 0.4) is 0 Å². The first-order chi connectivity index (χ1) is 20.6. The largest absolute Gasteiger partial charge is 0.573 e. The van der Waals surface area contributed by atoms with Crippen LogP contribution in [0.25, 0.3) is 17.1 Å². The summed E-state index contributed by atoms with van der Waals surface area (Å²) in [4.78, 5) is 22.9. The highest BCUT2D eigenvalue weighted by Crippen LogP contribution is 2.30. The molecule has 1 unspecified atom stereocenters. The molecule has 1 amide bonds. The van der Waals surface area contributed by atoms with Crippen LogP contribution in [0.5, 0.6) is 5.75 Å². The van der Waals surface area contributed by atoms with Crippen molar-refractivity contribution in [3.63, 3.8) is 0 Å². The number of nitrogens with one attached hydrogen (secondary N) is 1. The van der Waals surface area contributed by atoms with Gasteiger partial charge in [-0.3, -0.25) is 15.0 Å². The molecule has 0 radical (unpaired) electrons. The Morgan fingerprint density at radius 3 is 2.60 bits per heavy atom. The van der Waals surface area contributed by atoms with Gasteiger partial charge in [-0.1, -0.05) is 49.0 Å². The van der Waals surface area contributed by atoms with E-state index in [1.165, 1.54) is 47.0 Å². The second-order valence-corrected chi connectivity index (χ2v) is 10.6. The molecule has 224 valence electrons. The Hall–Kier alpha value is -4.20. The van der Waals surface area contributed by atoms with Crippen LogP contribution >= 0.6 is 11.8 Å². The van der Waals surface area contributed by atoms with Crippen molar-refractivity contribution < 1.29 is 27.8 Å².